The highest BCUT2D eigenvalue weighted by atomic mass is 79.9. The van der Waals surface area contributed by atoms with E-state index in [2.05, 4.69) is 41.8 Å². The van der Waals surface area contributed by atoms with Crippen LogP contribution in [0.4, 0.5) is 17.6 Å². The molecule has 0 radical (unpaired) electrons. The van der Waals surface area contributed by atoms with Crippen LogP contribution in [-0.4, -0.2) is 9.97 Å². The van der Waals surface area contributed by atoms with Gasteiger partial charge in [-0.3, -0.25) is 9.97 Å². The number of halogens is 6. The van der Waals surface area contributed by atoms with Gasteiger partial charge in [-0.1, -0.05) is 0 Å². The second-order valence-electron chi connectivity index (χ2n) is 5.00. The molecule has 0 unspecified atom stereocenters. The Labute approximate surface area is 137 Å². The van der Waals surface area contributed by atoms with E-state index in [1.165, 1.54) is 24.5 Å². The minimum atomic E-state index is -4.22. The fourth-order valence-corrected chi connectivity index (χ4v) is 3.47. The van der Waals surface area contributed by atoms with Gasteiger partial charge in [-0.2, -0.15) is 17.6 Å². The SMILES string of the molecule is FC1(F)c2c(c3cc(Br)cnc3c3ncc(Br)cc23)C1(F)F. The van der Waals surface area contributed by atoms with Crippen molar-refractivity contribution in [3.05, 3.63) is 44.6 Å². The summed E-state index contributed by atoms with van der Waals surface area (Å²) in [5, 5.41) is -0.0229. The number of aromatic nitrogens is 2. The number of nitrogens with zero attached hydrogens (tertiary/aromatic N) is 2. The van der Waals surface area contributed by atoms with Crippen molar-refractivity contribution >= 4 is 53.7 Å². The topological polar surface area (TPSA) is 25.8 Å². The van der Waals surface area contributed by atoms with E-state index in [9.17, 15) is 17.6 Å². The van der Waals surface area contributed by atoms with Crippen LogP contribution in [0.25, 0.3) is 21.8 Å². The molecule has 1 aliphatic carbocycles. The first kappa shape index (κ1) is 14.3. The van der Waals surface area contributed by atoms with Crippen molar-refractivity contribution in [3.63, 3.8) is 0 Å². The van der Waals surface area contributed by atoms with Crippen molar-refractivity contribution in [1.82, 2.24) is 9.97 Å². The summed E-state index contributed by atoms with van der Waals surface area (Å²) in [7, 11) is 0. The number of hydrogen-bond acceptors (Lipinski definition) is 2. The monoisotopic (exact) mass is 434 g/mol. The predicted molar refractivity (Wildman–Crippen MR) is 80.2 cm³/mol. The van der Waals surface area contributed by atoms with Gasteiger partial charge in [0.2, 0.25) is 0 Å². The van der Waals surface area contributed by atoms with Gasteiger partial charge in [0.25, 0.3) is 0 Å². The summed E-state index contributed by atoms with van der Waals surface area (Å²) in [5.74, 6) is -8.45. The first-order chi connectivity index (χ1) is 10.2. The van der Waals surface area contributed by atoms with Crippen LogP contribution in [0.15, 0.2) is 33.5 Å². The molecule has 0 atom stereocenters. The molecule has 1 aliphatic rings. The van der Waals surface area contributed by atoms with Gasteiger partial charge < -0.3 is 0 Å². The lowest BCUT2D eigenvalue weighted by atomic mass is 9.75. The molecule has 112 valence electrons. The molecule has 0 spiro atoms. The van der Waals surface area contributed by atoms with Crippen molar-refractivity contribution < 1.29 is 17.6 Å². The molecule has 0 aliphatic heterocycles. The smallest absolute Gasteiger partial charge is 0.253 e. The maximum Gasteiger partial charge on any atom is 0.340 e. The Bertz CT molecular complexity index is 893. The molecule has 0 saturated heterocycles. The van der Waals surface area contributed by atoms with Gasteiger partial charge in [0.05, 0.1) is 11.0 Å². The Balaban J connectivity index is 2.32. The average molecular weight is 436 g/mol. The molecule has 2 nitrogen and oxygen atoms in total. The number of hydrogen-bond donors (Lipinski definition) is 0. The molecule has 0 fully saturated rings. The molecular weight excluding hydrogens is 432 g/mol. The van der Waals surface area contributed by atoms with Gasteiger partial charge in [-0.15, -0.1) is 0 Å². The zero-order valence-electron chi connectivity index (χ0n) is 10.5. The van der Waals surface area contributed by atoms with Crippen molar-refractivity contribution in [2.45, 2.75) is 11.8 Å². The van der Waals surface area contributed by atoms with E-state index < -0.39 is 23.0 Å². The highest BCUT2D eigenvalue weighted by Gasteiger charge is 2.71. The Kier molecular flexibility index (Phi) is 2.71. The van der Waals surface area contributed by atoms with Crippen LogP contribution in [0.1, 0.15) is 11.1 Å². The van der Waals surface area contributed by atoms with Gasteiger partial charge >= 0.3 is 11.8 Å². The van der Waals surface area contributed by atoms with E-state index >= 15 is 0 Å². The van der Waals surface area contributed by atoms with E-state index in [1.54, 1.807) is 0 Å². The molecule has 0 saturated carbocycles. The zero-order valence-corrected chi connectivity index (χ0v) is 13.6. The summed E-state index contributed by atoms with van der Waals surface area (Å²) >= 11 is 6.27. The van der Waals surface area contributed by atoms with Gasteiger partial charge in [-0.25, -0.2) is 0 Å². The highest BCUT2D eigenvalue weighted by molar-refractivity contribution is 9.10. The second kappa shape index (κ2) is 4.17. The third-order valence-electron chi connectivity index (χ3n) is 3.74. The van der Waals surface area contributed by atoms with Gasteiger partial charge in [0, 0.05) is 43.2 Å². The largest absolute Gasteiger partial charge is 0.340 e. The van der Waals surface area contributed by atoms with Crippen LogP contribution < -0.4 is 0 Å². The number of alkyl halides is 4. The molecule has 0 bridgehead atoms. The Hall–Kier alpha value is -1.28. The molecule has 1 aromatic carbocycles. The third-order valence-corrected chi connectivity index (χ3v) is 4.61. The Morgan fingerprint density at radius 2 is 1.09 bits per heavy atom. The van der Waals surface area contributed by atoms with E-state index in [1.807, 2.05) is 0 Å². The Morgan fingerprint density at radius 3 is 1.45 bits per heavy atom. The lowest BCUT2D eigenvalue weighted by Crippen LogP contribution is -2.47. The summed E-state index contributed by atoms with van der Waals surface area (Å²) in [5.41, 5.74) is -0.985. The van der Waals surface area contributed by atoms with Crippen LogP contribution >= 0.6 is 31.9 Å². The molecular formula is C14H4Br2F4N2. The fraction of sp³-hybridized carbons (Fsp3) is 0.143. The summed E-state index contributed by atoms with van der Waals surface area (Å²) in [6.45, 7) is 0. The summed E-state index contributed by atoms with van der Waals surface area (Å²) in [4.78, 5) is 8.17. The van der Waals surface area contributed by atoms with Crippen LogP contribution in [0.2, 0.25) is 0 Å². The lowest BCUT2D eigenvalue weighted by Gasteiger charge is -2.40. The van der Waals surface area contributed by atoms with E-state index in [4.69, 9.17) is 0 Å². The number of pyridine rings is 2. The predicted octanol–water partition coefficient (Wildman–Crippen LogP) is 5.51. The van der Waals surface area contributed by atoms with E-state index in [0.717, 1.165) is 0 Å². The molecule has 2 heterocycles. The van der Waals surface area contributed by atoms with Crippen molar-refractivity contribution in [1.29, 1.82) is 0 Å². The summed E-state index contributed by atoms with van der Waals surface area (Å²) < 4.78 is 56.8. The molecule has 8 heteroatoms. The van der Waals surface area contributed by atoms with Crippen LogP contribution in [0.3, 0.4) is 0 Å². The average Bonchev–Trinajstić information content (AvgIpc) is 2.44. The first-order valence-corrected chi connectivity index (χ1v) is 7.67. The van der Waals surface area contributed by atoms with Crippen molar-refractivity contribution in [2.75, 3.05) is 0 Å². The molecule has 2 aromatic heterocycles. The zero-order chi connectivity index (χ0) is 15.9. The number of benzene rings is 1. The van der Waals surface area contributed by atoms with Gasteiger partial charge in [0.1, 0.15) is 0 Å². The Morgan fingerprint density at radius 1 is 0.727 bits per heavy atom. The minimum Gasteiger partial charge on any atom is -0.253 e. The standard InChI is InChI=1S/C14H4Br2F4N2/c15-5-1-7-9-10(14(19,20)13(9,17)18)8-2-6(16)4-22-12(8)11(7)21-3-5/h1-4H. The fourth-order valence-electron chi connectivity index (χ4n) is 2.81. The molecule has 3 aromatic rings. The summed E-state index contributed by atoms with van der Waals surface area (Å²) in [6.07, 6.45) is 2.85. The van der Waals surface area contributed by atoms with E-state index in [-0.39, 0.29) is 21.8 Å². The summed E-state index contributed by atoms with van der Waals surface area (Å²) in [6, 6.07) is 2.74. The van der Waals surface area contributed by atoms with Crippen LogP contribution in [0, 0.1) is 0 Å². The second-order valence-corrected chi connectivity index (χ2v) is 6.83. The number of fused-ring (bicyclic) bond motifs is 6. The maximum absolute atomic E-state index is 14.0. The molecule has 4 rings (SSSR count). The molecule has 22 heavy (non-hydrogen) atoms. The molecule has 0 amide bonds. The normalized spacial score (nSPS) is 18.3. The van der Waals surface area contributed by atoms with Crippen molar-refractivity contribution in [3.8, 4) is 0 Å². The van der Waals surface area contributed by atoms with E-state index in [0.29, 0.717) is 8.95 Å². The lowest BCUT2D eigenvalue weighted by molar-refractivity contribution is -0.251. The minimum absolute atomic E-state index is 0.0115. The van der Waals surface area contributed by atoms with Crippen LogP contribution in [0.5, 0.6) is 0 Å². The first-order valence-electron chi connectivity index (χ1n) is 6.08. The quantitative estimate of drug-likeness (QED) is 0.344. The maximum atomic E-state index is 14.0. The third kappa shape index (κ3) is 1.54. The van der Waals surface area contributed by atoms with Gasteiger partial charge in [-0.05, 0) is 44.0 Å². The molecule has 0 N–H and O–H groups in total. The van der Waals surface area contributed by atoms with Crippen molar-refractivity contribution in [2.24, 2.45) is 0 Å². The number of rotatable bonds is 0. The van der Waals surface area contributed by atoms with Crippen LogP contribution in [-0.2, 0) is 11.8 Å². The highest BCUT2D eigenvalue weighted by Crippen LogP contribution is 2.64. The van der Waals surface area contributed by atoms with Gasteiger partial charge in [0.15, 0.2) is 0 Å².